The molecule has 0 saturated carbocycles. The molecular formula is C11H21N3O. The third-order valence-corrected chi connectivity index (χ3v) is 2.34. The van der Waals surface area contributed by atoms with Crippen molar-refractivity contribution < 1.29 is 4.74 Å². The lowest BCUT2D eigenvalue weighted by Gasteiger charge is -2.14. The van der Waals surface area contributed by atoms with E-state index in [1.54, 1.807) is 0 Å². The minimum absolute atomic E-state index is 0.380. The Morgan fingerprint density at radius 2 is 2.33 bits per heavy atom. The van der Waals surface area contributed by atoms with Gasteiger partial charge in [0.15, 0.2) is 0 Å². The number of aromatic nitrogens is 2. The fraction of sp³-hybridized carbons (Fsp3) is 0.727. The highest BCUT2D eigenvalue weighted by Gasteiger charge is 2.03. The molecule has 0 bridgehead atoms. The Kier molecular flexibility index (Phi) is 5.36. The van der Waals surface area contributed by atoms with Crippen LogP contribution in [-0.2, 0) is 17.8 Å². The normalized spacial score (nSPS) is 13.0. The number of ether oxygens (including phenoxy) is 1. The van der Waals surface area contributed by atoms with Crippen LogP contribution in [0.25, 0.3) is 0 Å². The topological polar surface area (TPSA) is 39.1 Å². The van der Waals surface area contributed by atoms with Gasteiger partial charge in [0.1, 0.15) is 0 Å². The highest BCUT2D eigenvalue weighted by molar-refractivity contribution is 4.97. The van der Waals surface area contributed by atoms with Gasteiger partial charge in [-0.1, -0.05) is 0 Å². The Balaban J connectivity index is 2.30. The van der Waals surface area contributed by atoms with Gasteiger partial charge in [-0.3, -0.25) is 0 Å². The zero-order valence-electron chi connectivity index (χ0n) is 9.86. The summed E-state index contributed by atoms with van der Waals surface area (Å²) in [6.07, 6.45) is 3.77. The van der Waals surface area contributed by atoms with E-state index in [1.165, 1.54) is 5.69 Å². The Bertz CT molecular complexity index is 273. The van der Waals surface area contributed by atoms with Gasteiger partial charge in [0.05, 0.1) is 18.6 Å². The van der Waals surface area contributed by atoms with Gasteiger partial charge in [-0.2, -0.15) is 0 Å². The molecule has 0 spiro atoms. The minimum atomic E-state index is 0.380. The predicted octanol–water partition coefficient (Wildman–Crippen LogP) is 1.42. The van der Waals surface area contributed by atoms with Gasteiger partial charge in [0.2, 0.25) is 0 Å². The summed E-state index contributed by atoms with van der Waals surface area (Å²) in [5.74, 6) is 0. The zero-order chi connectivity index (χ0) is 11.1. The molecule has 0 aliphatic carbocycles. The lowest BCUT2D eigenvalue weighted by atomic mass is 10.3. The van der Waals surface area contributed by atoms with Crippen LogP contribution >= 0.6 is 0 Å². The third kappa shape index (κ3) is 4.01. The molecule has 1 rings (SSSR count). The van der Waals surface area contributed by atoms with E-state index in [0.717, 1.165) is 26.3 Å². The number of rotatable bonds is 7. The summed E-state index contributed by atoms with van der Waals surface area (Å²) in [6, 6.07) is 0.380. The molecule has 1 unspecified atom stereocenters. The molecule has 4 heteroatoms. The van der Waals surface area contributed by atoms with Gasteiger partial charge >= 0.3 is 0 Å². The smallest absolute Gasteiger partial charge is 0.0948 e. The highest BCUT2D eigenvalue weighted by atomic mass is 16.5. The highest BCUT2D eigenvalue weighted by Crippen LogP contribution is 1.99. The summed E-state index contributed by atoms with van der Waals surface area (Å²) in [5.41, 5.74) is 1.22. The Morgan fingerprint density at radius 3 is 3.00 bits per heavy atom. The number of imidazole rings is 1. The van der Waals surface area contributed by atoms with E-state index in [2.05, 4.69) is 28.7 Å². The van der Waals surface area contributed by atoms with E-state index in [-0.39, 0.29) is 0 Å². The van der Waals surface area contributed by atoms with E-state index in [1.807, 2.05) is 19.4 Å². The monoisotopic (exact) mass is 211 g/mol. The summed E-state index contributed by atoms with van der Waals surface area (Å²) in [5, 5.41) is 3.41. The number of nitrogens with zero attached hydrogens (tertiary/aromatic N) is 2. The van der Waals surface area contributed by atoms with Crippen molar-refractivity contribution in [3.63, 3.8) is 0 Å². The standard InChI is InChI=1S/C11H21N3O/c1-4-14-9-12-6-11(14)7-13-10(3)8-15-5-2/h6,9-10,13H,4-5,7-8H2,1-3H3. The summed E-state index contributed by atoms with van der Waals surface area (Å²) < 4.78 is 7.48. The first-order chi connectivity index (χ1) is 7.27. The molecule has 0 fully saturated rings. The molecule has 0 saturated heterocycles. The van der Waals surface area contributed by atoms with Crippen LogP contribution in [-0.4, -0.2) is 28.8 Å². The lowest BCUT2D eigenvalue weighted by molar-refractivity contribution is 0.127. The molecule has 0 aliphatic heterocycles. The molecule has 0 aromatic carbocycles. The molecule has 86 valence electrons. The van der Waals surface area contributed by atoms with Crippen LogP contribution in [0, 0.1) is 0 Å². The van der Waals surface area contributed by atoms with Gasteiger partial charge < -0.3 is 14.6 Å². The van der Waals surface area contributed by atoms with Crippen molar-refractivity contribution in [3.05, 3.63) is 18.2 Å². The van der Waals surface area contributed by atoms with Gasteiger partial charge in [0, 0.05) is 31.9 Å². The Hall–Kier alpha value is -0.870. The molecule has 1 atom stereocenters. The minimum Gasteiger partial charge on any atom is -0.380 e. The zero-order valence-corrected chi connectivity index (χ0v) is 9.86. The number of hydrogen-bond acceptors (Lipinski definition) is 3. The van der Waals surface area contributed by atoms with Gasteiger partial charge in [0.25, 0.3) is 0 Å². The van der Waals surface area contributed by atoms with E-state index < -0.39 is 0 Å². The van der Waals surface area contributed by atoms with Gasteiger partial charge in [-0.05, 0) is 20.8 Å². The van der Waals surface area contributed by atoms with Gasteiger partial charge in [-0.15, -0.1) is 0 Å². The van der Waals surface area contributed by atoms with Crippen molar-refractivity contribution in [1.29, 1.82) is 0 Å². The van der Waals surface area contributed by atoms with Crippen LogP contribution in [0.3, 0.4) is 0 Å². The predicted molar refractivity (Wildman–Crippen MR) is 60.7 cm³/mol. The number of aryl methyl sites for hydroxylation is 1. The fourth-order valence-electron chi connectivity index (χ4n) is 1.41. The van der Waals surface area contributed by atoms with Crippen LogP contribution in [0.15, 0.2) is 12.5 Å². The second-order valence-electron chi connectivity index (χ2n) is 3.61. The molecule has 0 aliphatic rings. The maximum Gasteiger partial charge on any atom is 0.0948 e. The maximum atomic E-state index is 5.34. The average molecular weight is 211 g/mol. The first-order valence-electron chi connectivity index (χ1n) is 5.58. The molecule has 15 heavy (non-hydrogen) atoms. The summed E-state index contributed by atoms with van der Waals surface area (Å²) in [4.78, 5) is 4.12. The van der Waals surface area contributed by atoms with E-state index in [4.69, 9.17) is 4.74 Å². The summed E-state index contributed by atoms with van der Waals surface area (Å²) in [6.45, 7) is 9.62. The lowest BCUT2D eigenvalue weighted by Crippen LogP contribution is -2.30. The van der Waals surface area contributed by atoms with E-state index >= 15 is 0 Å². The van der Waals surface area contributed by atoms with Crippen molar-refractivity contribution in [3.8, 4) is 0 Å². The van der Waals surface area contributed by atoms with Crippen molar-refractivity contribution in [2.75, 3.05) is 13.2 Å². The van der Waals surface area contributed by atoms with E-state index in [0.29, 0.717) is 6.04 Å². The van der Waals surface area contributed by atoms with Crippen LogP contribution < -0.4 is 5.32 Å². The molecule has 0 amide bonds. The second kappa shape index (κ2) is 6.58. The van der Waals surface area contributed by atoms with Crippen molar-refractivity contribution in [1.82, 2.24) is 14.9 Å². The fourth-order valence-corrected chi connectivity index (χ4v) is 1.41. The number of hydrogen-bond donors (Lipinski definition) is 1. The van der Waals surface area contributed by atoms with Crippen molar-refractivity contribution in [2.45, 2.75) is 39.9 Å². The first kappa shape index (κ1) is 12.2. The van der Waals surface area contributed by atoms with Crippen LogP contribution in [0.2, 0.25) is 0 Å². The van der Waals surface area contributed by atoms with Crippen LogP contribution in [0.5, 0.6) is 0 Å². The first-order valence-corrected chi connectivity index (χ1v) is 5.58. The number of nitrogens with one attached hydrogen (secondary N) is 1. The molecule has 1 N–H and O–H groups in total. The maximum absolute atomic E-state index is 5.34. The van der Waals surface area contributed by atoms with E-state index in [9.17, 15) is 0 Å². The molecule has 1 heterocycles. The summed E-state index contributed by atoms with van der Waals surface area (Å²) in [7, 11) is 0. The third-order valence-electron chi connectivity index (χ3n) is 2.34. The van der Waals surface area contributed by atoms with Crippen molar-refractivity contribution >= 4 is 0 Å². The quantitative estimate of drug-likeness (QED) is 0.741. The van der Waals surface area contributed by atoms with Crippen molar-refractivity contribution in [2.24, 2.45) is 0 Å². The molecule has 1 aromatic rings. The largest absolute Gasteiger partial charge is 0.380 e. The van der Waals surface area contributed by atoms with Crippen LogP contribution in [0.1, 0.15) is 26.5 Å². The molecular weight excluding hydrogens is 190 g/mol. The average Bonchev–Trinajstić information content (AvgIpc) is 2.70. The molecule has 4 nitrogen and oxygen atoms in total. The van der Waals surface area contributed by atoms with Gasteiger partial charge in [-0.25, -0.2) is 4.98 Å². The summed E-state index contributed by atoms with van der Waals surface area (Å²) >= 11 is 0. The SMILES string of the molecule is CCOCC(C)NCc1cncn1CC. The van der Waals surface area contributed by atoms with Crippen LogP contribution in [0.4, 0.5) is 0 Å². The molecule has 0 radical (unpaired) electrons. The second-order valence-corrected chi connectivity index (χ2v) is 3.61. The Labute approximate surface area is 91.7 Å². The Morgan fingerprint density at radius 1 is 1.53 bits per heavy atom. The molecule has 1 aromatic heterocycles.